The lowest BCUT2D eigenvalue weighted by molar-refractivity contribution is 0.0299. The van der Waals surface area contributed by atoms with E-state index in [1.54, 1.807) is 27.1 Å². The second-order valence-electron chi connectivity index (χ2n) is 7.62. The van der Waals surface area contributed by atoms with Crippen LogP contribution in [0.5, 0.6) is 0 Å². The molecule has 1 atom stereocenters. The number of ether oxygens (including phenoxy) is 1. The normalized spacial score (nSPS) is 20.1. The van der Waals surface area contributed by atoms with Gasteiger partial charge in [0.15, 0.2) is 5.69 Å². The maximum absolute atomic E-state index is 12.9. The molecule has 0 spiro atoms. The first-order valence-electron chi connectivity index (χ1n) is 10.3. The van der Waals surface area contributed by atoms with E-state index < -0.39 is 0 Å². The van der Waals surface area contributed by atoms with Crippen LogP contribution in [0.4, 0.5) is 0 Å². The number of amides is 2. The summed E-state index contributed by atoms with van der Waals surface area (Å²) in [5.74, 6) is 0.0386. The van der Waals surface area contributed by atoms with E-state index in [0.717, 1.165) is 42.0 Å². The Morgan fingerprint density at radius 3 is 2.76 bits per heavy atom. The maximum Gasteiger partial charge on any atom is 0.276 e. The number of carbonyl (C=O) groups is 2. The van der Waals surface area contributed by atoms with Crippen molar-refractivity contribution < 1.29 is 14.3 Å². The zero-order valence-electron chi connectivity index (χ0n) is 16.7. The largest absolute Gasteiger partial charge is 0.378 e. The summed E-state index contributed by atoms with van der Waals surface area (Å²) in [6.07, 6.45) is 5.72. The third kappa shape index (κ3) is 4.67. The summed E-state index contributed by atoms with van der Waals surface area (Å²) in [5.41, 5.74) is 0.373. The van der Waals surface area contributed by atoms with Crippen LogP contribution < -0.4 is 0 Å². The van der Waals surface area contributed by atoms with E-state index in [2.05, 4.69) is 10.3 Å². The number of aromatic nitrogens is 3. The van der Waals surface area contributed by atoms with Crippen LogP contribution in [0.1, 0.15) is 50.7 Å². The Morgan fingerprint density at radius 1 is 1.17 bits per heavy atom. The molecule has 0 bridgehead atoms. The summed E-state index contributed by atoms with van der Waals surface area (Å²) in [6, 6.07) is 4.12. The molecule has 4 heterocycles. The van der Waals surface area contributed by atoms with Gasteiger partial charge in [-0.2, -0.15) is 0 Å². The van der Waals surface area contributed by atoms with Crippen molar-refractivity contribution in [2.24, 2.45) is 0 Å². The molecule has 4 rings (SSSR count). The minimum Gasteiger partial charge on any atom is -0.378 e. The molecule has 156 valence electrons. The highest BCUT2D eigenvalue weighted by atomic mass is 32.1. The van der Waals surface area contributed by atoms with Crippen molar-refractivity contribution in [3.05, 3.63) is 33.8 Å². The van der Waals surface area contributed by atoms with E-state index in [1.165, 1.54) is 0 Å². The summed E-state index contributed by atoms with van der Waals surface area (Å²) < 4.78 is 7.02. The van der Waals surface area contributed by atoms with Crippen molar-refractivity contribution in [1.82, 2.24) is 24.8 Å². The molecule has 2 aliphatic rings. The summed E-state index contributed by atoms with van der Waals surface area (Å²) in [4.78, 5) is 31.2. The summed E-state index contributed by atoms with van der Waals surface area (Å²) in [6.45, 7) is 5.78. The van der Waals surface area contributed by atoms with Gasteiger partial charge in [0.25, 0.3) is 11.8 Å². The molecule has 29 heavy (non-hydrogen) atoms. The van der Waals surface area contributed by atoms with Gasteiger partial charge in [0, 0.05) is 37.1 Å². The lowest BCUT2D eigenvalue weighted by atomic mass is 9.99. The van der Waals surface area contributed by atoms with Crippen molar-refractivity contribution in [3.63, 3.8) is 0 Å². The molecular weight excluding hydrogens is 390 g/mol. The molecule has 2 aliphatic heterocycles. The first kappa shape index (κ1) is 20.0. The van der Waals surface area contributed by atoms with Crippen LogP contribution >= 0.6 is 11.3 Å². The third-order valence-electron chi connectivity index (χ3n) is 5.59. The van der Waals surface area contributed by atoms with Crippen molar-refractivity contribution in [1.29, 1.82) is 0 Å². The Balaban J connectivity index is 1.36. The smallest absolute Gasteiger partial charge is 0.276 e. The summed E-state index contributed by atoms with van der Waals surface area (Å²) in [5, 5.41) is 8.20. The fourth-order valence-corrected chi connectivity index (χ4v) is 4.80. The molecule has 2 saturated heterocycles. The number of aryl methyl sites for hydroxylation is 2. The van der Waals surface area contributed by atoms with Crippen LogP contribution in [-0.4, -0.2) is 75.5 Å². The van der Waals surface area contributed by atoms with Crippen LogP contribution in [0, 0.1) is 6.92 Å². The highest BCUT2D eigenvalue weighted by molar-refractivity contribution is 7.13. The van der Waals surface area contributed by atoms with E-state index in [0.29, 0.717) is 38.5 Å². The first-order chi connectivity index (χ1) is 14.1. The molecular formula is C20H27N5O3S. The van der Waals surface area contributed by atoms with E-state index in [-0.39, 0.29) is 17.9 Å². The Labute approximate surface area is 174 Å². The second kappa shape index (κ2) is 9.04. The van der Waals surface area contributed by atoms with E-state index >= 15 is 0 Å². The van der Waals surface area contributed by atoms with E-state index in [4.69, 9.17) is 4.74 Å². The van der Waals surface area contributed by atoms with E-state index in [1.807, 2.05) is 24.0 Å². The van der Waals surface area contributed by atoms with Crippen LogP contribution in [-0.2, 0) is 11.3 Å². The monoisotopic (exact) mass is 417 g/mol. The topological polar surface area (TPSA) is 80.6 Å². The number of hydrogen-bond acceptors (Lipinski definition) is 6. The highest BCUT2D eigenvalue weighted by Gasteiger charge is 2.28. The van der Waals surface area contributed by atoms with Crippen LogP contribution in [0.15, 0.2) is 18.3 Å². The predicted molar refractivity (Wildman–Crippen MR) is 109 cm³/mol. The fraction of sp³-hybridized carbons (Fsp3) is 0.600. The number of thiophene rings is 1. The molecule has 0 aromatic carbocycles. The molecule has 0 N–H and O–H groups in total. The molecule has 1 unspecified atom stereocenters. The average molecular weight is 418 g/mol. The van der Waals surface area contributed by atoms with Gasteiger partial charge in [0.1, 0.15) is 0 Å². The molecule has 2 amide bonds. The second-order valence-corrected chi connectivity index (χ2v) is 8.91. The Morgan fingerprint density at radius 2 is 2.00 bits per heavy atom. The number of carbonyl (C=O) groups excluding carboxylic acids is 2. The van der Waals surface area contributed by atoms with Gasteiger partial charge in [-0.3, -0.25) is 14.3 Å². The standard InChI is InChI=1S/C20H27N5O3S/c1-15-5-6-18(29-15)20(27)25-8-3-2-4-16(25)7-9-24-14-17(21-22-24)19(26)23-10-12-28-13-11-23/h5-6,14,16H,2-4,7-13H2,1H3. The number of rotatable bonds is 5. The molecule has 0 aliphatic carbocycles. The van der Waals surface area contributed by atoms with Gasteiger partial charge in [0.2, 0.25) is 0 Å². The Hall–Kier alpha value is -2.26. The summed E-state index contributed by atoms with van der Waals surface area (Å²) >= 11 is 1.56. The number of morpholine rings is 1. The number of nitrogens with zero attached hydrogens (tertiary/aromatic N) is 5. The Kier molecular flexibility index (Phi) is 6.25. The zero-order valence-corrected chi connectivity index (χ0v) is 17.6. The molecule has 2 aromatic rings. The molecule has 0 radical (unpaired) electrons. The Bertz CT molecular complexity index is 858. The minimum atomic E-state index is -0.0953. The van der Waals surface area contributed by atoms with Gasteiger partial charge in [0.05, 0.1) is 24.3 Å². The number of hydrogen-bond donors (Lipinski definition) is 0. The molecule has 2 fully saturated rings. The number of likely N-dealkylation sites (tertiary alicyclic amines) is 1. The third-order valence-corrected chi connectivity index (χ3v) is 6.58. The number of piperidine rings is 1. The van der Waals surface area contributed by atoms with Crippen LogP contribution in [0.3, 0.4) is 0 Å². The average Bonchev–Trinajstić information content (AvgIpc) is 3.41. The van der Waals surface area contributed by atoms with Gasteiger partial charge < -0.3 is 14.5 Å². The fourth-order valence-electron chi connectivity index (χ4n) is 3.97. The zero-order chi connectivity index (χ0) is 20.2. The highest BCUT2D eigenvalue weighted by Crippen LogP contribution is 2.25. The van der Waals surface area contributed by atoms with Gasteiger partial charge in [-0.25, -0.2) is 0 Å². The van der Waals surface area contributed by atoms with Gasteiger partial charge in [-0.15, -0.1) is 16.4 Å². The predicted octanol–water partition coefficient (Wildman–Crippen LogP) is 2.21. The quantitative estimate of drug-likeness (QED) is 0.745. The van der Waals surface area contributed by atoms with Crippen molar-refractivity contribution >= 4 is 23.2 Å². The first-order valence-corrected chi connectivity index (χ1v) is 11.1. The lowest BCUT2D eigenvalue weighted by Gasteiger charge is -2.35. The van der Waals surface area contributed by atoms with Crippen LogP contribution in [0.25, 0.3) is 0 Å². The van der Waals surface area contributed by atoms with Crippen molar-refractivity contribution in [2.75, 3.05) is 32.8 Å². The van der Waals surface area contributed by atoms with Gasteiger partial charge in [-0.05, 0) is 44.7 Å². The van der Waals surface area contributed by atoms with Gasteiger partial charge >= 0.3 is 0 Å². The van der Waals surface area contributed by atoms with Crippen LogP contribution in [0.2, 0.25) is 0 Å². The molecule has 0 saturated carbocycles. The van der Waals surface area contributed by atoms with Crippen molar-refractivity contribution in [2.45, 2.75) is 45.2 Å². The molecule has 2 aromatic heterocycles. The van der Waals surface area contributed by atoms with Gasteiger partial charge in [-0.1, -0.05) is 5.21 Å². The maximum atomic E-state index is 12.9. The summed E-state index contributed by atoms with van der Waals surface area (Å²) in [7, 11) is 0. The lowest BCUT2D eigenvalue weighted by Crippen LogP contribution is -2.44. The SMILES string of the molecule is Cc1ccc(C(=O)N2CCCCC2CCn2cc(C(=O)N3CCOCC3)nn2)s1. The molecule has 9 heteroatoms. The van der Waals surface area contributed by atoms with E-state index in [9.17, 15) is 9.59 Å². The molecule has 8 nitrogen and oxygen atoms in total. The minimum absolute atomic E-state index is 0.0953. The van der Waals surface area contributed by atoms with Crippen molar-refractivity contribution in [3.8, 4) is 0 Å².